The molecule has 0 spiro atoms. The number of non-ortho nitro benzene ring substituents is 1. The number of rotatable bonds is 4. The van der Waals surface area contributed by atoms with Crippen LogP contribution in [0.4, 0.5) is 20.3 Å². The largest absolute Gasteiger partial charge is 0.306 e. The molecule has 1 heterocycles. The summed E-state index contributed by atoms with van der Waals surface area (Å²) in [5.74, 6) is -2.23. The van der Waals surface area contributed by atoms with Gasteiger partial charge in [0.1, 0.15) is 17.5 Å². The standard InChI is InChI=1S/C17H12F2N4O3/c1-10-8-16(20-17(24)14-9-11(18)2-7-15(14)19)22(21-10)12-3-5-13(6-4-12)23(25)26/h2-9H,1H3,(H,20,24). The predicted octanol–water partition coefficient (Wildman–Crippen LogP) is 3.62. The third-order valence-corrected chi connectivity index (χ3v) is 3.55. The molecule has 1 N–H and O–H groups in total. The molecule has 1 aromatic heterocycles. The molecule has 0 fully saturated rings. The van der Waals surface area contributed by atoms with Crippen LogP contribution >= 0.6 is 0 Å². The van der Waals surface area contributed by atoms with E-state index in [2.05, 4.69) is 10.4 Å². The lowest BCUT2D eigenvalue weighted by atomic mass is 10.2. The fourth-order valence-corrected chi connectivity index (χ4v) is 2.36. The average molecular weight is 358 g/mol. The monoisotopic (exact) mass is 358 g/mol. The van der Waals surface area contributed by atoms with Crippen LogP contribution in [0.15, 0.2) is 48.5 Å². The van der Waals surface area contributed by atoms with Crippen molar-refractivity contribution in [3.8, 4) is 5.69 Å². The van der Waals surface area contributed by atoms with Gasteiger partial charge in [0.15, 0.2) is 0 Å². The molecule has 2 aromatic carbocycles. The number of hydrogen-bond acceptors (Lipinski definition) is 4. The number of nitrogens with zero attached hydrogens (tertiary/aromatic N) is 3. The van der Waals surface area contributed by atoms with E-state index in [1.165, 1.54) is 35.0 Å². The van der Waals surface area contributed by atoms with Gasteiger partial charge in [-0.25, -0.2) is 13.5 Å². The van der Waals surface area contributed by atoms with Gasteiger partial charge in [0.25, 0.3) is 11.6 Å². The van der Waals surface area contributed by atoms with Gasteiger partial charge in [0, 0.05) is 18.2 Å². The lowest BCUT2D eigenvalue weighted by Crippen LogP contribution is -2.16. The van der Waals surface area contributed by atoms with Crippen molar-refractivity contribution >= 4 is 17.4 Å². The normalized spacial score (nSPS) is 10.6. The second kappa shape index (κ2) is 6.71. The molecule has 0 saturated carbocycles. The van der Waals surface area contributed by atoms with Gasteiger partial charge >= 0.3 is 0 Å². The maximum atomic E-state index is 13.8. The van der Waals surface area contributed by atoms with Crippen molar-refractivity contribution in [1.82, 2.24) is 9.78 Å². The smallest absolute Gasteiger partial charge is 0.269 e. The number of amides is 1. The van der Waals surface area contributed by atoms with E-state index in [9.17, 15) is 23.7 Å². The number of benzene rings is 2. The minimum atomic E-state index is -0.859. The summed E-state index contributed by atoms with van der Waals surface area (Å²) < 4.78 is 28.4. The summed E-state index contributed by atoms with van der Waals surface area (Å²) in [4.78, 5) is 22.5. The summed E-state index contributed by atoms with van der Waals surface area (Å²) in [6.45, 7) is 1.68. The van der Waals surface area contributed by atoms with Gasteiger partial charge in [-0.15, -0.1) is 0 Å². The van der Waals surface area contributed by atoms with Crippen molar-refractivity contribution in [3.05, 3.63) is 81.5 Å². The Morgan fingerprint density at radius 2 is 1.85 bits per heavy atom. The van der Waals surface area contributed by atoms with Crippen molar-refractivity contribution in [1.29, 1.82) is 0 Å². The third-order valence-electron chi connectivity index (χ3n) is 3.55. The highest BCUT2D eigenvalue weighted by Gasteiger charge is 2.17. The van der Waals surface area contributed by atoms with Gasteiger partial charge in [-0.05, 0) is 37.3 Å². The van der Waals surface area contributed by atoms with E-state index in [0.717, 1.165) is 18.2 Å². The lowest BCUT2D eigenvalue weighted by molar-refractivity contribution is -0.384. The van der Waals surface area contributed by atoms with E-state index < -0.39 is 28.0 Å². The van der Waals surface area contributed by atoms with E-state index in [1.807, 2.05) is 0 Å². The summed E-state index contributed by atoms with van der Waals surface area (Å²) >= 11 is 0. The first-order valence-corrected chi connectivity index (χ1v) is 7.43. The molecular weight excluding hydrogens is 346 g/mol. The number of hydrogen-bond donors (Lipinski definition) is 1. The Kier molecular flexibility index (Phi) is 4.44. The zero-order chi connectivity index (χ0) is 18.8. The number of nitro benzene ring substituents is 1. The van der Waals surface area contributed by atoms with Crippen LogP contribution in [0.25, 0.3) is 5.69 Å². The minimum Gasteiger partial charge on any atom is -0.306 e. The highest BCUT2D eigenvalue weighted by Crippen LogP contribution is 2.21. The molecule has 0 unspecified atom stereocenters. The molecular formula is C17H12F2N4O3. The topological polar surface area (TPSA) is 90.1 Å². The summed E-state index contributed by atoms with van der Waals surface area (Å²) in [5.41, 5.74) is 0.473. The molecule has 3 aromatic rings. The molecule has 0 atom stereocenters. The molecule has 132 valence electrons. The second-order valence-electron chi connectivity index (χ2n) is 5.43. The molecule has 0 saturated heterocycles. The van der Waals surface area contributed by atoms with E-state index in [0.29, 0.717) is 11.4 Å². The predicted molar refractivity (Wildman–Crippen MR) is 89.3 cm³/mol. The van der Waals surface area contributed by atoms with E-state index >= 15 is 0 Å². The first-order chi connectivity index (χ1) is 12.3. The number of nitrogens with one attached hydrogen (secondary N) is 1. The van der Waals surface area contributed by atoms with Gasteiger partial charge in [-0.2, -0.15) is 5.10 Å². The SMILES string of the molecule is Cc1cc(NC(=O)c2cc(F)ccc2F)n(-c2ccc([N+](=O)[O-])cc2)n1. The van der Waals surface area contributed by atoms with Crippen LogP contribution in [0, 0.1) is 28.7 Å². The molecule has 0 bridgehead atoms. The molecule has 0 aliphatic rings. The summed E-state index contributed by atoms with van der Waals surface area (Å²) in [6.07, 6.45) is 0. The number of anilines is 1. The highest BCUT2D eigenvalue weighted by molar-refractivity contribution is 6.04. The molecule has 26 heavy (non-hydrogen) atoms. The van der Waals surface area contributed by atoms with Crippen LogP contribution < -0.4 is 5.32 Å². The van der Waals surface area contributed by atoms with Crippen molar-refractivity contribution in [2.45, 2.75) is 6.92 Å². The minimum absolute atomic E-state index is 0.0926. The fraction of sp³-hybridized carbons (Fsp3) is 0.0588. The lowest BCUT2D eigenvalue weighted by Gasteiger charge is -2.09. The Bertz CT molecular complexity index is 1000. The average Bonchev–Trinajstić information content (AvgIpc) is 2.97. The van der Waals surface area contributed by atoms with Gasteiger partial charge in [0.05, 0.1) is 21.9 Å². The Morgan fingerprint density at radius 1 is 1.15 bits per heavy atom. The Labute approximate surface area is 146 Å². The van der Waals surface area contributed by atoms with Crippen LogP contribution in [0.2, 0.25) is 0 Å². The number of carbonyl (C=O) groups is 1. The zero-order valence-electron chi connectivity index (χ0n) is 13.4. The van der Waals surface area contributed by atoms with Gasteiger partial charge in [-0.3, -0.25) is 14.9 Å². The summed E-state index contributed by atoms with van der Waals surface area (Å²) in [6, 6.07) is 9.63. The quantitative estimate of drug-likeness (QED) is 0.570. The van der Waals surface area contributed by atoms with Crippen LogP contribution in [-0.4, -0.2) is 20.6 Å². The number of aromatic nitrogens is 2. The molecule has 0 aliphatic heterocycles. The molecule has 1 amide bonds. The van der Waals surface area contributed by atoms with E-state index in [1.54, 1.807) is 6.92 Å². The number of halogens is 2. The fourth-order valence-electron chi connectivity index (χ4n) is 2.36. The van der Waals surface area contributed by atoms with Gasteiger partial charge in [0.2, 0.25) is 0 Å². The van der Waals surface area contributed by atoms with E-state index in [4.69, 9.17) is 0 Å². The van der Waals surface area contributed by atoms with Crippen LogP contribution in [0.1, 0.15) is 16.1 Å². The van der Waals surface area contributed by atoms with Gasteiger partial charge < -0.3 is 5.32 Å². The highest BCUT2D eigenvalue weighted by atomic mass is 19.1. The Balaban J connectivity index is 1.93. The van der Waals surface area contributed by atoms with Crippen LogP contribution in [-0.2, 0) is 0 Å². The first-order valence-electron chi connectivity index (χ1n) is 7.43. The first kappa shape index (κ1) is 17.2. The van der Waals surface area contributed by atoms with E-state index in [-0.39, 0.29) is 11.5 Å². The number of nitro groups is 1. The molecule has 0 radical (unpaired) electrons. The van der Waals surface area contributed by atoms with Crippen molar-refractivity contribution < 1.29 is 18.5 Å². The summed E-state index contributed by atoms with van der Waals surface area (Å²) in [7, 11) is 0. The third kappa shape index (κ3) is 3.41. The maximum absolute atomic E-state index is 13.8. The Morgan fingerprint density at radius 3 is 2.50 bits per heavy atom. The van der Waals surface area contributed by atoms with Crippen molar-refractivity contribution in [2.75, 3.05) is 5.32 Å². The molecule has 3 rings (SSSR count). The Hall–Kier alpha value is -3.62. The summed E-state index contributed by atoms with van der Waals surface area (Å²) in [5, 5.41) is 17.4. The van der Waals surface area contributed by atoms with Crippen LogP contribution in [0.3, 0.4) is 0 Å². The van der Waals surface area contributed by atoms with Gasteiger partial charge in [-0.1, -0.05) is 0 Å². The molecule has 9 heteroatoms. The zero-order valence-corrected chi connectivity index (χ0v) is 13.4. The number of carbonyl (C=O) groups excluding carboxylic acids is 1. The number of aryl methyl sites for hydroxylation is 1. The second-order valence-corrected chi connectivity index (χ2v) is 5.43. The van der Waals surface area contributed by atoms with Crippen molar-refractivity contribution in [2.24, 2.45) is 0 Å². The molecule has 7 nitrogen and oxygen atoms in total. The van der Waals surface area contributed by atoms with Crippen molar-refractivity contribution in [3.63, 3.8) is 0 Å². The van der Waals surface area contributed by atoms with Crippen LogP contribution in [0.5, 0.6) is 0 Å². The maximum Gasteiger partial charge on any atom is 0.269 e. The molecule has 0 aliphatic carbocycles.